The second kappa shape index (κ2) is 6.20. The van der Waals surface area contributed by atoms with Crippen molar-refractivity contribution in [3.63, 3.8) is 0 Å². The van der Waals surface area contributed by atoms with Gasteiger partial charge in [0.2, 0.25) is 5.91 Å². The molecule has 0 aliphatic carbocycles. The van der Waals surface area contributed by atoms with Crippen molar-refractivity contribution in [3.05, 3.63) is 70.7 Å². The zero-order valence-electron chi connectivity index (χ0n) is 12.9. The number of amides is 1. The van der Waals surface area contributed by atoms with Gasteiger partial charge in [-0.1, -0.05) is 12.1 Å². The average Bonchev–Trinajstić information content (AvgIpc) is 2.56. The van der Waals surface area contributed by atoms with Crippen LogP contribution in [0.15, 0.2) is 42.6 Å². The van der Waals surface area contributed by atoms with Crippen molar-refractivity contribution in [2.45, 2.75) is 6.42 Å². The van der Waals surface area contributed by atoms with Gasteiger partial charge in [-0.3, -0.25) is 9.78 Å². The summed E-state index contributed by atoms with van der Waals surface area (Å²) in [5, 5.41) is 19.5. The summed E-state index contributed by atoms with van der Waals surface area (Å²) in [5.74, 6) is -3.09. The highest BCUT2D eigenvalue weighted by atomic mass is 19.1. The number of halogens is 1. The normalized spacial score (nSPS) is 10.8. The zero-order chi connectivity index (χ0) is 18.1. The molecule has 0 unspecified atom stereocenters. The summed E-state index contributed by atoms with van der Waals surface area (Å²) in [7, 11) is 0. The summed E-state index contributed by atoms with van der Waals surface area (Å²) < 4.78 is 13.0. The Morgan fingerprint density at radius 1 is 1.08 bits per heavy atom. The topological polar surface area (TPSA) is 114 Å². The number of hydrogen-bond acceptors (Lipinski definition) is 4. The van der Waals surface area contributed by atoms with Gasteiger partial charge in [0.1, 0.15) is 16.9 Å². The van der Waals surface area contributed by atoms with Gasteiger partial charge < -0.3 is 15.9 Å². The van der Waals surface area contributed by atoms with Gasteiger partial charge in [0.15, 0.2) is 5.75 Å². The molecule has 0 saturated carbocycles. The minimum atomic E-state index is -1.39. The molecule has 0 aliphatic rings. The number of pyridine rings is 1. The van der Waals surface area contributed by atoms with Gasteiger partial charge in [0.05, 0.1) is 0 Å². The van der Waals surface area contributed by atoms with E-state index in [2.05, 4.69) is 4.98 Å². The number of benzene rings is 2. The number of hydrogen-bond donors (Lipinski definition) is 3. The molecular formula is C18H13FN2O4. The number of aromatic hydroxyl groups is 1. The number of carboxylic acid groups (broad SMARTS) is 1. The van der Waals surface area contributed by atoms with E-state index < -0.39 is 23.2 Å². The molecule has 2 aromatic carbocycles. The molecule has 25 heavy (non-hydrogen) atoms. The Balaban J connectivity index is 2.14. The third-order valence-electron chi connectivity index (χ3n) is 3.82. The molecule has 4 N–H and O–H groups in total. The lowest BCUT2D eigenvalue weighted by Crippen LogP contribution is -2.13. The average molecular weight is 340 g/mol. The summed E-state index contributed by atoms with van der Waals surface area (Å²) >= 11 is 0. The molecule has 0 bridgehead atoms. The summed E-state index contributed by atoms with van der Waals surface area (Å²) in [6.07, 6.45) is 1.88. The first-order valence-electron chi connectivity index (χ1n) is 7.29. The number of carbonyl (C=O) groups is 2. The maximum atomic E-state index is 13.0. The number of carbonyl (C=O) groups excluding carboxylic acids is 1. The zero-order valence-corrected chi connectivity index (χ0v) is 12.9. The number of phenols is 1. The van der Waals surface area contributed by atoms with Gasteiger partial charge in [-0.05, 0) is 41.8 Å². The molecule has 3 rings (SSSR count). The van der Waals surface area contributed by atoms with Crippen LogP contribution in [0, 0.1) is 5.82 Å². The first-order chi connectivity index (χ1) is 11.9. The Morgan fingerprint density at radius 3 is 2.36 bits per heavy atom. The molecule has 1 heterocycles. The SMILES string of the molecule is NC(=O)c1cc(C(=O)O)c(O)c2ncc(Cc3ccc(F)cc3)cc12. The van der Waals surface area contributed by atoms with Crippen LogP contribution in [-0.2, 0) is 6.42 Å². The van der Waals surface area contributed by atoms with Crippen LogP contribution in [0.1, 0.15) is 31.8 Å². The number of aromatic carboxylic acids is 1. The number of aromatic nitrogens is 1. The van der Waals surface area contributed by atoms with Crippen molar-refractivity contribution in [2.24, 2.45) is 5.73 Å². The predicted molar refractivity (Wildman–Crippen MR) is 88.1 cm³/mol. The first-order valence-corrected chi connectivity index (χ1v) is 7.29. The molecule has 126 valence electrons. The Morgan fingerprint density at radius 2 is 1.76 bits per heavy atom. The van der Waals surface area contributed by atoms with Crippen molar-refractivity contribution in [1.29, 1.82) is 0 Å². The number of carboxylic acids is 1. The van der Waals surface area contributed by atoms with Gasteiger partial charge in [-0.15, -0.1) is 0 Å². The molecular weight excluding hydrogens is 327 g/mol. The van der Waals surface area contributed by atoms with E-state index in [1.165, 1.54) is 18.3 Å². The third-order valence-corrected chi connectivity index (χ3v) is 3.82. The smallest absolute Gasteiger partial charge is 0.339 e. The van der Waals surface area contributed by atoms with E-state index >= 15 is 0 Å². The van der Waals surface area contributed by atoms with Crippen LogP contribution >= 0.6 is 0 Å². The van der Waals surface area contributed by atoms with Crippen molar-refractivity contribution >= 4 is 22.8 Å². The lowest BCUT2D eigenvalue weighted by Gasteiger charge is -2.10. The Labute approximate surface area is 141 Å². The Kier molecular flexibility index (Phi) is 4.06. The van der Waals surface area contributed by atoms with Crippen molar-refractivity contribution in [3.8, 4) is 5.75 Å². The maximum Gasteiger partial charge on any atom is 0.339 e. The summed E-state index contributed by atoms with van der Waals surface area (Å²) in [4.78, 5) is 27.0. The van der Waals surface area contributed by atoms with E-state index in [0.717, 1.165) is 11.6 Å². The quantitative estimate of drug-likeness (QED) is 0.675. The molecule has 6 nitrogen and oxygen atoms in total. The van der Waals surface area contributed by atoms with Crippen molar-refractivity contribution in [2.75, 3.05) is 0 Å². The molecule has 0 atom stereocenters. The third kappa shape index (κ3) is 3.12. The van der Waals surface area contributed by atoms with Crippen molar-refractivity contribution < 1.29 is 24.2 Å². The highest BCUT2D eigenvalue weighted by molar-refractivity contribution is 6.10. The monoisotopic (exact) mass is 340 g/mol. The van der Waals surface area contributed by atoms with Crippen LogP contribution in [0.3, 0.4) is 0 Å². The number of nitrogens with zero attached hydrogens (tertiary/aromatic N) is 1. The molecule has 7 heteroatoms. The second-order valence-corrected chi connectivity index (χ2v) is 5.53. The van der Waals surface area contributed by atoms with E-state index in [-0.39, 0.29) is 22.3 Å². The molecule has 1 aromatic heterocycles. The lowest BCUT2D eigenvalue weighted by molar-refractivity contribution is 0.0694. The van der Waals surface area contributed by atoms with E-state index in [1.807, 2.05) is 0 Å². The summed E-state index contributed by atoms with van der Waals surface area (Å²) in [5.41, 5.74) is 6.36. The van der Waals surface area contributed by atoms with E-state index in [0.29, 0.717) is 12.0 Å². The van der Waals surface area contributed by atoms with Gasteiger partial charge in [-0.25, -0.2) is 9.18 Å². The fourth-order valence-corrected chi connectivity index (χ4v) is 2.62. The van der Waals surface area contributed by atoms with Crippen LogP contribution in [0.4, 0.5) is 4.39 Å². The minimum absolute atomic E-state index is 0.0171. The first kappa shape index (κ1) is 16.4. The van der Waals surface area contributed by atoms with Gasteiger partial charge in [0.25, 0.3) is 0 Å². The molecule has 0 aliphatic heterocycles. The molecule has 0 saturated heterocycles. The fourth-order valence-electron chi connectivity index (χ4n) is 2.62. The molecule has 1 amide bonds. The predicted octanol–water partition coefficient (Wildman–Crippen LogP) is 2.47. The molecule has 0 spiro atoms. The van der Waals surface area contributed by atoms with Crippen molar-refractivity contribution in [1.82, 2.24) is 4.98 Å². The van der Waals surface area contributed by atoms with Crippen LogP contribution in [-0.4, -0.2) is 27.1 Å². The van der Waals surface area contributed by atoms with Gasteiger partial charge in [0, 0.05) is 17.1 Å². The summed E-state index contributed by atoms with van der Waals surface area (Å²) in [6, 6.07) is 8.56. The number of fused-ring (bicyclic) bond motifs is 1. The Hall–Kier alpha value is -3.48. The molecule has 0 fully saturated rings. The van der Waals surface area contributed by atoms with Crippen LogP contribution < -0.4 is 5.73 Å². The highest BCUT2D eigenvalue weighted by Crippen LogP contribution is 2.31. The number of nitrogens with two attached hydrogens (primary N) is 1. The number of primary amides is 1. The largest absolute Gasteiger partial charge is 0.505 e. The lowest BCUT2D eigenvalue weighted by atomic mass is 9.99. The Bertz CT molecular complexity index is 1000. The van der Waals surface area contributed by atoms with E-state index in [9.17, 15) is 19.1 Å². The summed E-state index contributed by atoms with van der Waals surface area (Å²) in [6.45, 7) is 0. The minimum Gasteiger partial charge on any atom is -0.505 e. The highest BCUT2D eigenvalue weighted by Gasteiger charge is 2.20. The number of rotatable bonds is 4. The van der Waals surface area contributed by atoms with Gasteiger partial charge in [-0.2, -0.15) is 0 Å². The molecule has 0 radical (unpaired) electrons. The van der Waals surface area contributed by atoms with E-state index in [4.69, 9.17) is 10.8 Å². The fraction of sp³-hybridized carbons (Fsp3) is 0.0556. The van der Waals surface area contributed by atoms with Crippen LogP contribution in [0.2, 0.25) is 0 Å². The van der Waals surface area contributed by atoms with Crippen LogP contribution in [0.5, 0.6) is 5.75 Å². The second-order valence-electron chi connectivity index (χ2n) is 5.53. The van der Waals surface area contributed by atoms with Crippen LogP contribution in [0.25, 0.3) is 10.9 Å². The molecule has 3 aromatic rings. The van der Waals surface area contributed by atoms with Gasteiger partial charge >= 0.3 is 5.97 Å². The van der Waals surface area contributed by atoms with E-state index in [1.54, 1.807) is 18.2 Å². The standard InChI is InChI=1S/C18H13FN2O4/c19-11-3-1-9(2-4-11)5-10-6-12-13(17(20)23)7-14(18(24)25)16(22)15(12)21-8-10/h1-4,6-8,22H,5H2,(H2,20,23)(H,24,25). The maximum absolute atomic E-state index is 13.0.